The highest BCUT2D eigenvalue weighted by atomic mass is 16.2. The van der Waals surface area contributed by atoms with Crippen LogP contribution in [-0.2, 0) is 4.79 Å². The van der Waals surface area contributed by atoms with Gasteiger partial charge in [0.2, 0.25) is 5.91 Å². The molecule has 2 heterocycles. The summed E-state index contributed by atoms with van der Waals surface area (Å²) in [6, 6.07) is 5.23. The minimum atomic E-state index is -0.309. The monoisotopic (exact) mass is 290 g/mol. The van der Waals surface area contributed by atoms with E-state index in [4.69, 9.17) is 0 Å². The molecule has 0 saturated carbocycles. The Balaban J connectivity index is 2.14. The van der Waals surface area contributed by atoms with E-state index in [0.717, 1.165) is 0 Å². The number of piperazine rings is 1. The van der Waals surface area contributed by atoms with Crippen molar-refractivity contribution in [3.05, 3.63) is 30.1 Å². The number of nitrogens with zero attached hydrogens (tertiary/aromatic N) is 3. The van der Waals surface area contributed by atoms with Gasteiger partial charge >= 0.3 is 0 Å². The van der Waals surface area contributed by atoms with E-state index in [0.29, 0.717) is 25.3 Å². The molecule has 114 valence electrons. The third kappa shape index (κ3) is 3.39. The fraction of sp³-hybridized carbons (Fsp3) is 0.533. The number of likely N-dealkylation sites (N-methyl/N-ethyl adjacent to an activating group) is 1. The van der Waals surface area contributed by atoms with E-state index in [1.165, 1.54) is 0 Å². The molecule has 0 spiro atoms. The Bertz CT molecular complexity index is 504. The summed E-state index contributed by atoms with van der Waals surface area (Å²) < 4.78 is 0. The fourth-order valence-electron chi connectivity index (χ4n) is 2.65. The van der Waals surface area contributed by atoms with Crippen LogP contribution >= 0.6 is 0 Å². The van der Waals surface area contributed by atoms with E-state index in [9.17, 15) is 9.59 Å². The van der Waals surface area contributed by atoms with Crippen LogP contribution in [0.5, 0.6) is 0 Å². The predicted octanol–water partition coefficient (Wildman–Crippen LogP) is 0.362. The van der Waals surface area contributed by atoms with Crippen molar-refractivity contribution in [2.45, 2.75) is 25.9 Å². The van der Waals surface area contributed by atoms with E-state index in [1.807, 2.05) is 0 Å². The Morgan fingerprint density at radius 1 is 1.33 bits per heavy atom. The maximum absolute atomic E-state index is 12.4. The summed E-state index contributed by atoms with van der Waals surface area (Å²) in [4.78, 5) is 32.5. The number of carbonyl (C=O) groups is 2. The largest absolute Gasteiger partial charge is 0.358 e. The standard InChI is InChI=1S/C15H22N4O2/c1-11(2)19-9-8-18(10-13(19)14(20)16-3)15(21)12-6-4-5-7-17-12/h4-7,11,13H,8-10H2,1-3H3,(H,16,20)/t13-/m0/s1. The van der Waals surface area contributed by atoms with Crippen LogP contribution in [0.1, 0.15) is 24.3 Å². The third-order valence-electron chi connectivity index (χ3n) is 3.81. The lowest BCUT2D eigenvalue weighted by atomic mass is 10.1. The molecule has 0 unspecified atom stereocenters. The van der Waals surface area contributed by atoms with Crippen LogP contribution in [0.3, 0.4) is 0 Å². The maximum atomic E-state index is 12.4. The molecule has 2 rings (SSSR count). The Labute approximate surface area is 125 Å². The van der Waals surface area contributed by atoms with Gasteiger partial charge in [-0.2, -0.15) is 0 Å². The summed E-state index contributed by atoms with van der Waals surface area (Å²) >= 11 is 0. The molecule has 6 nitrogen and oxygen atoms in total. The molecule has 21 heavy (non-hydrogen) atoms. The highest BCUT2D eigenvalue weighted by Gasteiger charge is 2.35. The van der Waals surface area contributed by atoms with Crippen molar-refractivity contribution in [2.75, 3.05) is 26.7 Å². The zero-order chi connectivity index (χ0) is 15.4. The van der Waals surface area contributed by atoms with Gasteiger partial charge in [0.15, 0.2) is 0 Å². The average Bonchev–Trinajstić information content (AvgIpc) is 2.53. The maximum Gasteiger partial charge on any atom is 0.272 e. The molecule has 1 N–H and O–H groups in total. The summed E-state index contributed by atoms with van der Waals surface area (Å²) in [6.45, 7) is 5.82. The van der Waals surface area contributed by atoms with Crippen molar-refractivity contribution >= 4 is 11.8 Å². The average molecular weight is 290 g/mol. The number of rotatable bonds is 3. The molecule has 1 saturated heterocycles. The molecule has 6 heteroatoms. The van der Waals surface area contributed by atoms with Gasteiger partial charge in [0.25, 0.3) is 5.91 Å². The van der Waals surface area contributed by atoms with Crippen LogP contribution in [0.2, 0.25) is 0 Å². The molecule has 0 bridgehead atoms. The fourth-order valence-corrected chi connectivity index (χ4v) is 2.65. The van der Waals surface area contributed by atoms with Gasteiger partial charge in [-0.25, -0.2) is 0 Å². The van der Waals surface area contributed by atoms with Crippen LogP contribution in [0.4, 0.5) is 0 Å². The van der Waals surface area contributed by atoms with Gasteiger partial charge < -0.3 is 10.2 Å². The van der Waals surface area contributed by atoms with Crippen LogP contribution in [0.15, 0.2) is 24.4 Å². The first-order valence-corrected chi connectivity index (χ1v) is 7.22. The molecule has 1 aromatic heterocycles. The van der Waals surface area contributed by atoms with Crippen molar-refractivity contribution in [3.63, 3.8) is 0 Å². The van der Waals surface area contributed by atoms with Gasteiger partial charge in [-0.1, -0.05) is 6.07 Å². The molecular weight excluding hydrogens is 268 g/mol. The summed E-state index contributed by atoms with van der Waals surface area (Å²) in [5.74, 6) is -0.171. The molecule has 2 amide bonds. The highest BCUT2D eigenvalue weighted by Crippen LogP contribution is 2.15. The second-order valence-corrected chi connectivity index (χ2v) is 5.43. The third-order valence-corrected chi connectivity index (χ3v) is 3.81. The van der Waals surface area contributed by atoms with E-state index < -0.39 is 0 Å². The topological polar surface area (TPSA) is 65.5 Å². The number of aromatic nitrogens is 1. The number of amides is 2. The summed E-state index contributed by atoms with van der Waals surface area (Å²) in [6.07, 6.45) is 1.60. The minimum Gasteiger partial charge on any atom is -0.358 e. The van der Waals surface area contributed by atoms with Crippen molar-refractivity contribution in [1.29, 1.82) is 0 Å². The van der Waals surface area contributed by atoms with E-state index in [1.54, 1.807) is 36.3 Å². The normalized spacial score (nSPS) is 19.6. The SMILES string of the molecule is CNC(=O)[C@@H]1CN(C(=O)c2ccccn2)CCN1C(C)C. The van der Waals surface area contributed by atoms with Gasteiger partial charge in [0, 0.05) is 38.9 Å². The first kappa shape index (κ1) is 15.4. The lowest BCUT2D eigenvalue weighted by Crippen LogP contribution is -2.61. The van der Waals surface area contributed by atoms with Crippen molar-refractivity contribution in [1.82, 2.24) is 20.1 Å². The Hall–Kier alpha value is -1.95. The van der Waals surface area contributed by atoms with Crippen molar-refractivity contribution in [3.8, 4) is 0 Å². The predicted molar refractivity (Wildman–Crippen MR) is 79.8 cm³/mol. The Morgan fingerprint density at radius 3 is 2.67 bits per heavy atom. The van der Waals surface area contributed by atoms with Crippen LogP contribution in [-0.4, -0.2) is 65.4 Å². The first-order chi connectivity index (χ1) is 10.0. The van der Waals surface area contributed by atoms with Gasteiger partial charge in [-0.05, 0) is 26.0 Å². The van der Waals surface area contributed by atoms with E-state index in [-0.39, 0.29) is 23.9 Å². The number of hydrogen-bond donors (Lipinski definition) is 1. The molecule has 0 radical (unpaired) electrons. The summed E-state index contributed by atoms with van der Waals surface area (Å²) in [5, 5.41) is 2.68. The first-order valence-electron chi connectivity index (χ1n) is 7.22. The van der Waals surface area contributed by atoms with E-state index in [2.05, 4.69) is 29.0 Å². The van der Waals surface area contributed by atoms with Gasteiger partial charge in [0.1, 0.15) is 11.7 Å². The lowest BCUT2D eigenvalue weighted by Gasteiger charge is -2.42. The quantitative estimate of drug-likeness (QED) is 0.873. The number of carbonyl (C=O) groups excluding carboxylic acids is 2. The van der Waals surface area contributed by atoms with Crippen molar-refractivity contribution in [2.24, 2.45) is 0 Å². The zero-order valence-electron chi connectivity index (χ0n) is 12.7. The van der Waals surface area contributed by atoms with Gasteiger partial charge in [0.05, 0.1) is 0 Å². The van der Waals surface area contributed by atoms with Crippen molar-refractivity contribution < 1.29 is 9.59 Å². The molecule has 1 aliphatic rings. The molecule has 1 atom stereocenters. The van der Waals surface area contributed by atoms with Crippen LogP contribution in [0, 0.1) is 0 Å². The molecule has 1 aromatic rings. The molecule has 0 aliphatic carbocycles. The van der Waals surface area contributed by atoms with Crippen LogP contribution < -0.4 is 5.32 Å². The second-order valence-electron chi connectivity index (χ2n) is 5.43. The number of nitrogens with one attached hydrogen (secondary N) is 1. The summed E-state index contributed by atoms with van der Waals surface area (Å²) in [5.41, 5.74) is 0.422. The lowest BCUT2D eigenvalue weighted by molar-refractivity contribution is -0.128. The minimum absolute atomic E-state index is 0.0535. The van der Waals surface area contributed by atoms with Gasteiger partial charge in [-0.15, -0.1) is 0 Å². The van der Waals surface area contributed by atoms with Crippen LogP contribution in [0.25, 0.3) is 0 Å². The highest BCUT2D eigenvalue weighted by molar-refractivity contribution is 5.93. The molecule has 1 fully saturated rings. The zero-order valence-corrected chi connectivity index (χ0v) is 12.7. The molecular formula is C15H22N4O2. The number of hydrogen-bond acceptors (Lipinski definition) is 4. The smallest absolute Gasteiger partial charge is 0.272 e. The molecule has 1 aliphatic heterocycles. The number of pyridine rings is 1. The Morgan fingerprint density at radius 2 is 2.10 bits per heavy atom. The summed E-state index contributed by atoms with van der Waals surface area (Å²) in [7, 11) is 1.63. The Kier molecular flexibility index (Phi) is 4.90. The molecule has 0 aromatic carbocycles. The second kappa shape index (κ2) is 6.67. The van der Waals surface area contributed by atoms with E-state index >= 15 is 0 Å². The van der Waals surface area contributed by atoms with Gasteiger partial charge in [-0.3, -0.25) is 19.5 Å².